The summed E-state index contributed by atoms with van der Waals surface area (Å²) in [4.78, 5) is 4.14. The van der Waals surface area contributed by atoms with Crippen LogP contribution >= 0.6 is 11.3 Å². The van der Waals surface area contributed by atoms with E-state index in [2.05, 4.69) is 27.1 Å². The van der Waals surface area contributed by atoms with E-state index >= 15 is 0 Å². The Labute approximate surface area is 93.1 Å². The Bertz CT molecular complexity index is 344. The smallest absolute Gasteiger partial charge is 0.188 e. The van der Waals surface area contributed by atoms with Gasteiger partial charge in [0, 0.05) is 19.5 Å². The lowest BCUT2D eigenvalue weighted by Gasteiger charge is -2.00. The Balaban J connectivity index is 2.28. The molecule has 0 aliphatic carbocycles. The molecule has 0 radical (unpaired) electrons. The van der Waals surface area contributed by atoms with Crippen molar-refractivity contribution in [2.75, 3.05) is 13.1 Å². The highest BCUT2D eigenvalue weighted by molar-refractivity contribution is 7.11. The van der Waals surface area contributed by atoms with Crippen LogP contribution < -0.4 is 11.1 Å². The third-order valence-electron chi connectivity index (χ3n) is 1.60. The predicted molar refractivity (Wildman–Crippen MR) is 63.0 cm³/mol. The van der Waals surface area contributed by atoms with Gasteiger partial charge in [-0.15, -0.1) is 28.1 Å². The first-order valence-corrected chi connectivity index (χ1v) is 5.47. The Kier molecular flexibility index (Phi) is 4.76. The third kappa shape index (κ3) is 4.55. The summed E-state index contributed by atoms with van der Waals surface area (Å²) in [7, 11) is 0. The maximum atomic E-state index is 5.59. The van der Waals surface area contributed by atoms with Gasteiger partial charge in [-0.05, 0) is 6.92 Å². The highest BCUT2D eigenvalue weighted by Crippen LogP contribution is 2.07. The zero-order chi connectivity index (χ0) is 11.1. The Morgan fingerprint density at radius 3 is 3.07 bits per heavy atom. The van der Waals surface area contributed by atoms with E-state index in [1.54, 1.807) is 17.4 Å². The number of guanidine groups is 1. The molecule has 5 nitrogen and oxygen atoms in total. The van der Waals surface area contributed by atoms with E-state index < -0.39 is 0 Å². The molecule has 0 aliphatic rings. The minimum absolute atomic E-state index is 0.441. The van der Waals surface area contributed by atoms with E-state index in [4.69, 9.17) is 5.73 Å². The zero-order valence-electron chi connectivity index (χ0n) is 8.73. The van der Waals surface area contributed by atoms with Crippen molar-refractivity contribution in [1.82, 2.24) is 15.5 Å². The number of nitrogens with one attached hydrogen (secondary N) is 1. The predicted octanol–water partition coefficient (Wildman–Crippen LogP) is 0.479. The number of hydrogen-bond acceptors (Lipinski definition) is 4. The summed E-state index contributed by atoms with van der Waals surface area (Å²) in [5.74, 6) is 0.441. The number of rotatable bonds is 5. The molecule has 6 heteroatoms. The molecule has 0 saturated heterocycles. The SMILES string of the molecule is C=CCNC(N)=NCCc1nnc(C)s1. The molecule has 0 bridgehead atoms. The number of nitrogens with two attached hydrogens (primary N) is 1. The van der Waals surface area contributed by atoms with Crippen LogP contribution in [0.5, 0.6) is 0 Å². The highest BCUT2D eigenvalue weighted by Gasteiger charge is 1.99. The van der Waals surface area contributed by atoms with Gasteiger partial charge in [-0.25, -0.2) is 0 Å². The summed E-state index contributed by atoms with van der Waals surface area (Å²) in [6.45, 7) is 6.77. The number of aryl methyl sites for hydroxylation is 1. The molecule has 3 N–H and O–H groups in total. The quantitative estimate of drug-likeness (QED) is 0.434. The lowest BCUT2D eigenvalue weighted by Crippen LogP contribution is -2.31. The molecule has 15 heavy (non-hydrogen) atoms. The van der Waals surface area contributed by atoms with Gasteiger partial charge < -0.3 is 11.1 Å². The monoisotopic (exact) mass is 225 g/mol. The summed E-state index contributed by atoms with van der Waals surface area (Å²) in [6, 6.07) is 0. The average molecular weight is 225 g/mol. The summed E-state index contributed by atoms with van der Waals surface area (Å²) in [6.07, 6.45) is 2.51. The number of aliphatic imine (C=N–C) groups is 1. The number of nitrogens with zero attached hydrogens (tertiary/aromatic N) is 3. The first kappa shape index (κ1) is 11.6. The molecule has 0 spiro atoms. The molecule has 1 rings (SSSR count). The van der Waals surface area contributed by atoms with Crippen molar-refractivity contribution in [2.45, 2.75) is 13.3 Å². The zero-order valence-corrected chi connectivity index (χ0v) is 9.55. The first-order chi connectivity index (χ1) is 7.22. The fraction of sp³-hybridized carbons (Fsp3) is 0.444. The van der Waals surface area contributed by atoms with Crippen molar-refractivity contribution >= 4 is 17.3 Å². The lowest BCUT2D eigenvalue weighted by atomic mass is 10.4. The van der Waals surface area contributed by atoms with Crippen LogP contribution in [0, 0.1) is 6.92 Å². The van der Waals surface area contributed by atoms with Gasteiger partial charge in [0.05, 0.1) is 0 Å². The standard InChI is InChI=1S/C9H15N5S/c1-3-5-11-9(10)12-6-4-8-14-13-7(2)15-8/h3H,1,4-6H2,2H3,(H3,10,11,12). The van der Waals surface area contributed by atoms with Gasteiger partial charge in [0.25, 0.3) is 0 Å². The highest BCUT2D eigenvalue weighted by atomic mass is 32.1. The minimum atomic E-state index is 0.441. The van der Waals surface area contributed by atoms with Crippen molar-refractivity contribution in [3.05, 3.63) is 22.7 Å². The van der Waals surface area contributed by atoms with Crippen molar-refractivity contribution in [1.29, 1.82) is 0 Å². The van der Waals surface area contributed by atoms with Gasteiger partial charge in [0.2, 0.25) is 0 Å². The van der Waals surface area contributed by atoms with Crippen LogP contribution in [0.25, 0.3) is 0 Å². The molecule has 0 aliphatic heterocycles. The van der Waals surface area contributed by atoms with Crippen LogP contribution in [0.4, 0.5) is 0 Å². The molecule has 0 amide bonds. The average Bonchev–Trinajstić information content (AvgIpc) is 2.61. The Hall–Kier alpha value is -1.43. The molecule has 1 heterocycles. The van der Waals surface area contributed by atoms with E-state index in [0.717, 1.165) is 16.4 Å². The normalized spacial score (nSPS) is 11.4. The molecule has 1 aromatic rings. The summed E-state index contributed by atoms with van der Waals surface area (Å²) >= 11 is 1.59. The molecule has 0 atom stereocenters. The van der Waals surface area contributed by atoms with Crippen molar-refractivity contribution in [2.24, 2.45) is 10.7 Å². The molecule has 0 unspecified atom stereocenters. The van der Waals surface area contributed by atoms with Gasteiger partial charge in [-0.3, -0.25) is 4.99 Å². The van der Waals surface area contributed by atoms with Gasteiger partial charge in [-0.1, -0.05) is 6.08 Å². The molecule has 1 aromatic heterocycles. The van der Waals surface area contributed by atoms with E-state index in [1.807, 2.05) is 6.92 Å². The van der Waals surface area contributed by atoms with Gasteiger partial charge >= 0.3 is 0 Å². The van der Waals surface area contributed by atoms with Gasteiger partial charge in [0.1, 0.15) is 10.0 Å². The van der Waals surface area contributed by atoms with E-state index in [9.17, 15) is 0 Å². The van der Waals surface area contributed by atoms with E-state index in [0.29, 0.717) is 19.0 Å². The molecule has 82 valence electrons. The largest absolute Gasteiger partial charge is 0.370 e. The summed E-state index contributed by atoms with van der Waals surface area (Å²) in [5.41, 5.74) is 5.59. The van der Waals surface area contributed by atoms with Crippen LogP contribution in [0.1, 0.15) is 10.0 Å². The third-order valence-corrected chi connectivity index (χ3v) is 2.50. The number of hydrogen-bond donors (Lipinski definition) is 2. The Morgan fingerprint density at radius 1 is 1.67 bits per heavy atom. The molecule has 0 aromatic carbocycles. The van der Waals surface area contributed by atoms with Gasteiger partial charge in [-0.2, -0.15) is 0 Å². The second kappa shape index (κ2) is 6.13. The summed E-state index contributed by atoms with van der Waals surface area (Å²) in [5, 5.41) is 12.8. The van der Waals surface area contributed by atoms with Crippen LogP contribution in [0.2, 0.25) is 0 Å². The van der Waals surface area contributed by atoms with Crippen LogP contribution in [-0.4, -0.2) is 29.2 Å². The van der Waals surface area contributed by atoms with E-state index in [1.165, 1.54) is 0 Å². The van der Waals surface area contributed by atoms with Crippen molar-refractivity contribution in [3.63, 3.8) is 0 Å². The second-order valence-corrected chi connectivity index (χ2v) is 4.17. The molecular weight excluding hydrogens is 210 g/mol. The van der Waals surface area contributed by atoms with Crippen LogP contribution in [0.15, 0.2) is 17.6 Å². The second-order valence-electron chi connectivity index (χ2n) is 2.90. The van der Waals surface area contributed by atoms with Crippen molar-refractivity contribution in [3.8, 4) is 0 Å². The molecular formula is C9H15N5S. The Morgan fingerprint density at radius 2 is 2.47 bits per heavy atom. The fourth-order valence-electron chi connectivity index (χ4n) is 0.943. The molecule has 0 fully saturated rings. The van der Waals surface area contributed by atoms with E-state index in [-0.39, 0.29) is 0 Å². The molecule has 0 saturated carbocycles. The van der Waals surface area contributed by atoms with Crippen LogP contribution in [-0.2, 0) is 6.42 Å². The number of aromatic nitrogens is 2. The van der Waals surface area contributed by atoms with Gasteiger partial charge in [0.15, 0.2) is 5.96 Å². The maximum Gasteiger partial charge on any atom is 0.188 e. The topological polar surface area (TPSA) is 76.2 Å². The lowest BCUT2D eigenvalue weighted by molar-refractivity contribution is 0.890. The maximum absolute atomic E-state index is 5.59. The minimum Gasteiger partial charge on any atom is -0.370 e. The first-order valence-electron chi connectivity index (χ1n) is 4.66. The summed E-state index contributed by atoms with van der Waals surface area (Å²) < 4.78 is 0. The fourth-order valence-corrected chi connectivity index (χ4v) is 1.64. The van der Waals surface area contributed by atoms with Crippen LogP contribution in [0.3, 0.4) is 0 Å². The van der Waals surface area contributed by atoms with Crippen molar-refractivity contribution < 1.29 is 0 Å².